The first-order valence-electron chi connectivity index (χ1n) is 4.82. The van der Waals surface area contributed by atoms with Crippen LogP contribution in [0.4, 0.5) is 8.78 Å². The van der Waals surface area contributed by atoms with Crippen molar-refractivity contribution in [3.63, 3.8) is 0 Å². The van der Waals surface area contributed by atoms with E-state index in [0.717, 1.165) is 18.4 Å². The topological polar surface area (TPSA) is 26.0 Å². The Balaban J connectivity index is 2.70. The molecule has 0 aliphatic carbocycles. The Morgan fingerprint density at radius 1 is 1.21 bits per heavy atom. The minimum Gasteiger partial charge on any atom is -0.330 e. The van der Waals surface area contributed by atoms with Gasteiger partial charge in [-0.15, -0.1) is 0 Å². The lowest BCUT2D eigenvalue weighted by atomic mass is 10.0. The minimum atomic E-state index is -0.732. The second-order valence-corrected chi connectivity index (χ2v) is 3.26. The lowest BCUT2D eigenvalue weighted by Gasteiger charge is -2.06. The molecule has 0 aromatic heterocycles. The summed E-state index contributed by atoms with van der Waals surface area (Å²) in [6.07, 6.45) is 2.48. The zero-order chi connectivity index (χ0) is 10.4. The molecule has 3 heteroatoms. The Morgan fingerprint density at radius 2 is 2.00 bits per heavy atom. The molecule has 0 heterocycles. The van der Waals surface area contributed by atoms with Gasteiger partial charge in [0.15, 0.2) is 0 Å². The molecule has 0 fully saturated rings. The van der Waals surface area contributed by atoms with Crippen molar-refractivity contribution in [2.75, 3.05) is 6.54 Å². The van der Waals surface area contributed by atoms with Crippen molar-refractivity contribution in [2.24, 2.45) is 5.73 Å². The van der Waals surface area contributed by atoms with E-state index in [1.165, 1.54) is 6.07 Å². The van der Waals surface area contributed by atoms with Crippen molar-refractivity contribution in [3.8, 4) is 0 Å². The Bertz CT molecular complexity index is 287. The molecule has 0 saturated carbocycles. The molecular weight excluding hydrogens is 184 g/mol. The Labute approximate surface area is 82.9 Å². The summed E-state index contributed by atoms with van der Waals surface area (Å²) >= 11 is 0. The van der Waals surface area contributed by atoms with Crippen molar-refractivity contribution in [1.29, 1.82) is 0 Å². The largest absolute Gasteiger partial charge is 0.330 e. The predicted molar refractivity (Wildman–Crippen MR) is 53.2 cm³/mol. The van der Waals surface area contributed by atoms with E-state index >= 15 is 0 Å². The molecule has 1 rings (SSSR count). The van der Waals surface area contributed by atoms with Gasteiger partial charge in [-0.05, 0) is 37.4 Å². The maximum absolute atomic E-state index is 13.1. The number of benzene rings is 1. The summed E-state index contributed by atoms with van der Waals surface area (Å²) in [6, 6.07) is 4.68. The van der Waals surface area contributed by atoms with E-state index in [4.69, 9.17) is 5.73 Å². The van der Waals surface area contributed by atoms with E-state index in [-0.39, 0.29) is 5.56 Å². The third kappa shape index (κ3) is 2.77. The molecule has 1 nitrogen and oxygen atoms in total. The Morgan fingerprint density at radius 3 is 2.64 bits per heavy atom. The SMILES string of the molecule is NCCCCc1cccc(F)c1CF. The maximum Gasteiger partial charge on any atom is 0.129 e. The van der Waals surface area contributed by atoms with Gasteiger partial charge >= 0.3 is 0 Å². The molecule has 0 atom stereocenters. The molecule has 0 amide bonds. The zero-order valence-corrected chi connectivity index (χ0v) is 8.10. The van der Waals surface area contributed by atoms with Gasteiger partial charge in [0.25, 0.3) is 0 Å². The first kappa shape index (κ1) is 11.1. The second-order valence-electron chi connectivity index (χ2n) is 3.26. The summed E-state index contributed by atoms with van der Waals surface area (Å²) in [5.74, 6) is -0.447. The monoisotopic (exact) mass is 199 g/mol. The molecule has 0 aliphatic heterocycles. The summed E-state index contributed by atoms with van der Waals surface area (Å²) in [5, 5.41) is 0. The van der Waals surface area contributed by atoms with Crippen LogP contribution in [0.5, 0.6) is 0 Å². The average molecular weight is 199 g/mol. The van der Waals surface area contributed by atoms with Crippen LogP contribution in [0.25, 0.3) is 0 Å². The Kier molecular flexibility index (Phi) is 4.53. The maximum atomic E-state index is 13.1. The van der Waals surface area contributed by atoms with Crippen molar-refractivity contribution in [2.45, 2.75) is 25.9 Å². The average Bonchev–Trinajstić information content (AvgIpc) is 2.18. The predicted octanol–water partition coefficient (Wildman–Crippen LogP) is 2.58. The van der Waals surface area contributed by atoms with Crippen LogP contribution in [0, 0.1) is 5.82 Å². The fourth-order valence-electron chi connectivity index (χ4n) is 1.45. The highest BCUT2D eigenvalue weighted by molar-refractivity contribution is 5.28. The summed E-state index contributed by atoms with van der Waals surface area (Å²) in [7, 11) is 0. The van der Waals surface area contributed by atoms with Crippen molar-refractivity contribution < 1.29 is 8.78 Å². The van der Waals surface area contributed by atoms with E-state index in [1.54, 1.807) is 12.1 Å². The molecule has 78 valence electrons. The van der Waals surface area contributed by atoms with Crippen LogP contribution in [0.1, 0.15) is 24.0 Å². The van der Waals surface area contributed by atoms with Gasteiger partial charge in [0.1, 0.15) is 12.5 Å². The van der Waals surface area contributed by atoms with Gasteiger partial charge in [0.05, 0.1) is 0 Å². The van der Waals surface area contributed by atoms with Gasteiger partial charge in [0, 0.05) is 5.56 Å². The van der Waals surface area contributed by atoms with Gasteiger partial charge in [0.2, 0.25) is 0 Å². The van der Waals surface area contributed by atoms with Crippen LogP contribution < -0.4 is 5.73 Å². The number of unbranched alkanes of at least 4 members (excludes halogenated alkanes) is 1. The fourth-order valence-corrected chi connectivity index (χ4v) is 1.45. The quantitative estimate of drug-likeness (QED) is 0.725. The van der Waals surface area contributed by atoms with Crippen LogP contribution in [-0.2, 0) is 13.1 Å². The van der Waals surface area contributed by atoms with E-state index < -0.39 is 12.5 Å². The van der Waals surface area contributed by atoms with Gasteiger partial charge in [-0.3, -0.25) is 0 Å². The zero-order valence-electron chi connectivity index (χ0n) is 8.10. The molecule has 1 aromatic carbocycles. The van der Waals surface area contributed by atoms with Gasteiger partial charge in [-0.25, -0.2) is 8.78 Å². The third-order valence-corrected chi connectivity index (χ3v) is 2.25. The molecule has 0 aliphatic rings. The highest BCUT2D eigenvalue weighted by Gasteiger charge is 2.06. The molecule has 0 unspecified atom stereocenters. The van der Waals surface area contributed by atoms with Gasteiger partial charge < -0.3 is 5.73 Å². The highest BCUT2D eigenvalue weighted by atomic mass is 19.1. The number of hydrogen-bond donors (Lipinski definition) is 1. The standard InChI is InChI=1S/C11H15F2N/c12-8-10-9(4-1-2-7-14)5-3-6-11(10)13/h3,5-6H,1-2,4,7-8,14H2. The first-order valence-corrected chi connectivity index (χ1v) is 4.82. The van der Waals surface area contributed by atoms with E-state index in [2.05, 4.69) is 0 Å². The van der Waals surface area contributed by atoms with E-state index in [9.17, 15) is 8.78 Å². The normalized spacial score (nSPS) is 10.5. The molecular formula is C11H15F2N. The summed E-state index contributed by atoms with van der Waals surface area (Å²) in [5.41, 5.74) is 6.31. The van der Waals surface area contributed by atoms with Crippen LogP contribution >= 0.6 is 0 Å². The summed E-state index contributed by atoms with van der Waals surface area (Å²) < 4.78 is 25.6. The molecule has 0 spiro atoms. The molecule has 0 radical (unpaired) electrons. The van der Waals surface area contributed by atoms with E-state index in [0.29, 0.717) is 13.0 Å². The number of rotatable bonds is 5. The molecule has 0 saturated heterocycles. The molecule has 2 N–H and O–H groups in total. The first-order chi connectivity index (χ1) is 6.79. The highest BCUT2D eigenvalue weighted by Crippen LogP contribution is 2.16. The second kappa shape index (κ2) is 5.70. The summed E-state index contributed by atoms with van der Waals surface area (Å²) in [4.78, 5) is 0. The lowest BCUT2D eigenvalue weighted by molar-refractivity contribution is 0.459. The lowest BCUT2D eigenvalue weighted by Crippen LogP contribution is -2.01. The molecule has 1 aromatic rings. The van der Waals surface area contributed by atoms with Crippen LogP contribution in [0.3, 0.4) is 0 Å². The third-order valence-electron chi connectivity index (χ3n) is 2.25. The number of nitrogens with two attached hydrogens (primary N) is 1. The summed E-state index contributed by atoms with van der Waals surface area (Å²) in [6.45, 7) is -0.106. The Hall–Kier alpha value is -0.960. The number of alkyl halides is 1. The number of halogens is 2. The van der Waals surface area contributed by atoms with Crippen LogP contribution in [-0.4, -0.2) is 6.54 Å². The van der Waals surface area contributed by atoms with E-state index in [1.807, 2.05) is 0 Å². The molecule has 0 bridgehead atoms. The smallest absolute Gasteiger partial charge is 0.129 e. The fraction of sp³-hybridized carbons (Fsp3) is 0.455. The van der Waals surface area contributed by atoms with Gasteiger partial charge in [-0.2, -0.15) is 0 Å². The molecule has 14 heavy (non-hydrogen) atoms. The number of aryl methyl sites for hydroxylation is 1. The van der Waals surface area contributed by atoms with Gasteiger partial charge in [-0.1, -0.05) is 12.1 Å². The van der Waals surface area contributed by atoms with Crippen molar-refractivity contribution in [1.82, 2.24) is 0 Å². The van der Waals surface area contributed by atoms with Crippen LogP contribution in [0.2, 0.25) is 0 Å². The number of hydrogen-bond acceptors (Lipinski definition) is 1. The minimum absolute atomic E-state index is 0.199. The van der Waals surface area contributed by atoms with Crippen LogP contribution in [0.15, 0.2) is 18.2 Å². The van der Waals surface area contributed by atoms with Crippen molar-refractivity contribution in [3.05, 3.63) is 35.1 Å². The van der Waals surface area contributed by atoms with Crippen molar-refractivity contribution >= 4 is 0 Å².